The van der Waals surface area contributed by atoms with Crippen LogP contribution in [-0.4, -0.2) is 37.1 Å². The third-order valence-corrected chi connectivity index (χ3v) is 3.60. The number of para-hydroxylation sites is 1. The van der Waals surface area contributed by atoms with Crippen molar-refractivity contribution in [3.63, 3.8) is 0 Å². The molecule has 0 aliphatic carbocycles. The van der Waals surface area contributed by atoms with E-state index in [-0.39, 0.29) is 0 Å². The van der Waals surface area contributed by atoms with E-state index in [0.717, 1.165) is 19.1 Å². The van der Waals surface area contributed by atoms with E-state index in [2.05, 4.69) is 54.0 Å². The molecule has 0 spiro atoms. The number of anilines is 1. The second kappa shape index (κ2) is 5.35. The van der Waals surface area contributed by atoms with E-state index in [9.17, 15) is 0 Å². The van der Waals surface area contributed by atoms with Crippen molar-refractivity contribution in [2.75, 3.05) is 31.1 Å². The van der Waals surface area contributed by atoms with Gasteiger partial charge in [0.15, 0.2) is 0 Å². The van der Waals surface area contributed by atoms with Crippen LogP contribution >= 0.6 is 0 Å². The van der Waals surface area contributed by atoms with Crippen molar-refractivity contribution in [3.8, 4) is 0 Å². The number of likely N-dealkylation sites (N-methyl/N-ethyl adjacent to an activating group) is 1. The molecule has 2 heteroatoms. The molecule has 0 bridgehead atoms. The highest BCUT2D eigenvalue weighted by atomic mass is 15.3. The molecule has 0 saturated carbocycles. The summed E-state index contributed by atoms with van der Waals surface area (Å²) in [4.78, 5) is 5.04. The highest BCUT2D eigenvalue weighted by Gasteiger charge is 2.28. The van der Waals surface area contributed by atoms with E-state index >= 15 is 0 Å². The highest BCUT2D eigenvalue weighted by molar-refractivity contribution is 5.49. The van der Waals surface area contributed by atoms with Crippen LogP contribution in [0.1, 0.15) is 20.3 Å². The molecular weight excluding hydrogens is 196 g/mol. The maximum Gasteiger partial charge on any atom is 0.0433 e. The van der Waals surface area contributed by atoms with Crippen molar-refractivity contribution in [2.24, 2.45) is 0 Å². The number of rotatable bonds is 5. The maximum atomic E-state index is 2.53. The Balaban J connectivity index is 1.94. The Morgan fingerprint density at radius 3 is 2.38 bits per heavy atom. The van der Waals surface area contributed by atoms with Crippen LogP contribution in [0.4, 0.5) is 5.69 Å². The molecule has 1 aromatic carbocycles. The SMILES string of the molecule is CCN(CC)CC1CCN1c1ccccc1. The average molecular weight is 218 g/mol. The van der Waals surface area contributed by atoms with E-state index in [1.807, 2.05) is 0 Å². The third kappa shape index (κ3) is 2.38. The quantitative estimate of drug-likeness (QED) is 0.749. The normalized spacial score (nSPS) is 19.9. The summed E-state index contributed by atoms with van der Waals surface area (Å²) in [5.41, 5.74) is 1.38. The fraction of sp³-hybridized carbons (Fsp3) is 0.571. The minimum atomic E-state index is 0.724. The van der Waals surface area contributed by atoms with E-state index < -0.39 is 0 Å². The predicted molar refractivity (Wildman–Crippen MR) is 70.0 cm³/mol. The molecule has 16 heavy (non-hydrogen) atoms. The van der Waals surface area contributed by atoms with Crippen molar-refractivity contribution in [3.05, 3.63) is 30.3 Å². The minimum absolute atomic E-state index is 0.724. The molecular formula is C14H22N2. The highest BCUT2D eigenvalue weighted by Crippen LogP contribution is 2.26. The van der Waals surface area contributed by atoms with E-state index in [4.69, 9.17) is 0 Å². The first-order valence-electron chi connectivity index (χ1n) is 6.39. The molecule has 1 heterocycles. The number of nitrogens with zero attached hydrogens (tertiary/aromatic N) is 2. The summed E-state index contributed by atoms with van der Waals surface area (Å²) in [5, 5.41) is 0. The van der Waals surface area contributed by atoms with Gasteiger partial charge in [-0.25, -0.2) is 0 Å². The molecule has 2 rings (SSSR count). The molecule has 0 radical (unpaired) electrons. The van der Waals surface area contributed by atoms with Gasteiger partial charge in [-0.2, -0.15) is 0 Å². The summed E-state index contributed by atoms with van der Waals surface area (Å²) in [6.45, 7) is 9.24. The second-order valence-corrected chi connectivity index (χ2v) is 4.46. The van der Waals surface area contributed by atoms with E-state index in [1.165, 1.54) is 25.2 Å². The molecule has 0 amide bonds. The maximum absolute atomic E-state index is 2.53. The summed E-state index contributed by atoms with van der Waals surface area (Å²) in [6, 6.07) is 11.5. The molecule has 1 aromatic rings. The molecule has 1 saturated heterocycles. The fourth-order valence-corrected chi connectivity index (χ4v) is 2.37. The van der Waals surface area contributed by atoms with Crippen molar-refractivity contribution in [1.29, 1.82) is 0 Å². The second-order valence-electron chi connectivity index (χ2n) is 4.46. The van der Waals surface area contributed by atoms with Crippen LogP contribution in [0.15, 0.2) is 30.3 Å². The molecule has 1 unspecified atom stereocenters. The summed E-state index contributed by atoms with van der Waals surface area (Å²) in [6.07, 6.45) is 1.34. The first-order chi connectivity index (χ1) is 7.85. The van der Waals surface area contributed by atoms with Crippen LogP contribution in [0.25, 0.3) is 0 Å². The Hall–Kier alpha value is -1.02. The van der Waals surface area contributed by atoms with Gasteiger partial charge in [0.2, 0.25) is 0 Å². The van der Waals surface area contributed by atoms with Crippen LogP contribution in [0.2, 0.25) is 0 Å². The van der Waals surface area contributed by atoms with Gasteiger partial charge >= 0.3 is 0 Å². The summed E-state index contributed by atoms with van der Waals surface area (Å²) >= 11 is 0. The topological polar surface area (TPSA) is 6.48 Å². The molecule has 2 nitrogen and oxygen atoms in total. The molecule has 1 aliphatic rings. The van der Waals surface area contributed by atoms with Gasteiger partial charge in [-0.05, 0) is 31.6 Å². The van der Waals surface area contributed by atoms with Crippen molar-refractivity contribution >= 4 is 5.69 Å². The number of hydrogen-bond acceptors (Lipinski definition) is 2. The molecule has 0 aromatic heterocycles. The average Bonchev–Trinajstić information content (AvgIpc) is 2.30. The van der Waals surface area contributed by atoms with Gasteiger partial charge < -0.3 is 9.80 Å². The van der Waals surface area contributed by atoms with Gasteiger partial charge in [0.25, 0.3) is 0 Å². The lowest BCUT2D eigenvalue weighted by Crippen LogP contribution is -2.53. The first-order valence-corrected chi connectivity index (χ1v) is 6.39. The summed E-state index contributed by atoms with van der Waals surface area (Å²) in [7, 11) is 0. The first kappa shape index (κ1) is 11.5. The Morgan fingerprint density at radius 1 is 1.19 bits per heavy atom. The van der Waals surface area contributed by atoms with Crippen molar-refractivity contribution in [1.82, 2.24) is 4.90 Å². The zero-order valence-electron chi connectivity index (χ0n) is 10.4. The van der Waals surface area contributed by atoms with Gasteiger partial charge in [0.05, 0.1) is 0 Å². The molecule has 0 N–H and O–H groups in total. The smallest absolute Gasteiger partial charge is 0.0433 e. The van der Waals surface area contributed by atoms with Crippen LogP contribution in [0.5, 0.6) is 0 Å². The molecule has 1 aliphatic heterocycles. The Kier molecular flexibility index (Phi) is 3.83. The Labute approximate surface area is 98.9 Å². The summed E-state index contributed by atoms with van der Waals surface area (Å²) < 4.78 is 0. The van der Waals surface area contributed by atoms with Crippen LogP contribution in [0.3, 0.4) is 0 Å². The van der Waals surface area contributed by atoms with E-state index in [0.29, 0.717) is 0 Å². The molecule has 1 atom stereocenters. The lowest BCUT2D eigenvalue weighted by Gasteiger charge is -2.45. The van der Waals surface area contributed by atoms with Crippen LogP contribution < -0.4 is 4.90 Å². The van der Waals surface area contributed by atoms with E-state index in [1.54, 1.807) is 0 Å². The van der Waals surface area contributed by atoms with Crippen molar-refractivity contribution < 1.29 is 0 Å². The van der Waals surface area contributed by atoms with Crippen LogP contribution in [-0.2, 0) is 0 Å². The van der Waals surface area contributed by atoms with Gasteiger partial charge in [-0.15, -0.1) is 0 Å². The van der Waals surface area contributed by atoms with Gasteiger partial charge in [0, 0.05) is 24.8 Å². The lowest BCUT2D eigenvalue weighted by atomic mass is 10.0. The standard InChI is InChI=1S/C14H22N2/c1-3-15(4-2)12-14-10-11-16(14)13-8-6-5-7-9-13/h5-9,14H,3-4,10-12H2,1-2H3. The minimum Gasteiger partial charge on any atom is -0.367 e. The number of hydrogen-bond donors (Lipinski definition) is 0. The predicted octanol–water partition coefficient (Wildman–Crippen LogP) is 2.61. The van der Waals surface area contributed by atoms with Gasteiger partial charge in [0.1, 0.15) is 0 Å². The third-order valence-electron chi connectivity index (χ3n) is 3.60. The number of benzene rings is 1. The zero-order valence-corrected chi connectivity index (χ0v) is 10.4. The largest absolute Gasteiger partial charge is 0.367 e. The zero-order chi connectivity index (χ0) is 11.4. The Bertz CT molecular complexity index is 306. The molecule has 88 valence electrons. The van der Waals surface area contributed by atoms with Crippen molar-refractivity contribution in [2.45, 2.75) is 26.3 Å². The Morgan fingerprint density at radius 2 is 1.88 bits per heavy atom. The molecule has 1 fully saturated rings. The fourth-order valence-electron chi connectivity index (χ4n) is 2.37. The monoisotopic (exact) mass is 218 g/mol. The lowest BCUT2D eigenvalue weighted by molar-refractivity contribution is 0.249. The summed E-state index contributed by atoms with van der Waals surface area (Å²) in [5.74, 6) is 0. The van der Waals surface area contributed by atoms with Gasteiger partial charge in [-0.1, -0.05) is 32.0 Å². The van der Waals surface area contributed by atoms with Crippen LogP contribution in [0, 0.1) is 0 Å². The van der Waals surface area contributed by atoms with Gasteiger partial charge in [-0.3, -0.25) is 0 Å².